The Morgan fingerprint density at radius 3 is 2.04 bits per heavy atom. The van der Waals surface area contributed by atoms with Crippen molar-refractivity contribution in [3.63, 3.8) is 0 Å². The number of benzene rings is 2. The number of aryl methyl sites for hydroxylation is 1. The third-order valence-corrected chi connectivity index (χ3v) is 5.05. The van der Waals surface area contributed by atoms with Crippen LogP contribution in [0.2, 0.25) is 0 Å². The van der Waals surface area contributed by atoms with Gasteiger partial charge in [-0.3, -0.25) is 0 Å². The van der Waals surface area contributed by atoms with Gasteiger partial charge in [0.1, 0.15) is 0 Å². The summed E-state index contributed by atoms with van der Waals surface area (Å²) >= 11 is 0. The molecule has 0 atom stereocenters. The summed E-state index contributed by atoms with van der Waals surface area (Å²) in [7, 11) is 0. The Hall–Kier alpha value is -1.56. The fraction of sp³-hybridized carbons (Fsp3) is 0.520. The van der Waals surface area contributed by atoms with Gasteiger partial charge in [0.15, 0.2) is 0 Å². The van der Waals surface area contributed by atoms with E-state index < -0.39 is 0 Å². The topological polar surface area (TPSA) is 0 Å². The van der Waals surface area contributed by atoms with E-state index in [1.54, 1.807) is 0 Å². The monoisotopic (exact) mass is 336 g/mol. The number of rotatable bonds is 13. The van der Waals surface area contributed by atoms with Crippen LogP contribution in [0.3, 0.4) is 0 Å². The molecule has 0 aliphatic rings. The average Bonchev–Trinajstić information content (AvgIpc) is 2.65. The van der Waals surface area contributed by atoms with Gasteiger partial charge in [-0.05, 0) is 42.0 Å². The van der Waals surface area contributed by atoms with Gasteiger partial charge in [-0.15, -0.1) is 0 Å². The van der Waals surface area contributed by atoms with Crippen molar-refractivity contribution in [2.24, 2.45) is 0 Å². The first-order valence-electron chi connectivity index (χ1n) is 10.5. The summed E-state index contributed by atoms with van der Waals surface area (Å²) in [5.41, 5.74) is 1.45. The predicted molar refractivity (Wildman–Crippen MR) is 113 cm³/mol. The molecule has 0 bridgehead atoms. The van der Waals surface area contributed by atoms with Crippen molar-refractivity contribution in [1.82, 2.24) is 0 Å². The van der Waals surface area contributed by atoms with Gasteiger partial charge < -0.3 is 0 Å². The molecule has 0 aliphatic carbocycles. The van der Waals surface area contributed by atoms with E-state index in [1.165, 1.54) is 80.5 Å². The Balaban J connectivity index is 1.49. The smallest absolute Gasteiger partial charge is 0.0181 e. The van der Waals surface area contributed by atoms with Crippen molar-refractivity contribution in [1.29, 1.82) is 0 Å². The van der Waals surface area contributed by atoms with Crippen LogP contribution >= 0.6 is 0 Å². The molecule has 0 aromatic heterocycles. The molecule has 2 aromatic rings. The van der Waals surface area contributed by atoms with Gasteiger partial charge in [0.05, 0.1) is 0 Å². The van der Waals surface area contributed by atoms with Crippen LogP contribution in [0.25, 0.3) is 10.8 Å². The Morgan fingerprint density at radius 1 is 0.640 bits per heavy atom. The lowest BCUT2D eigenvalue weighted by molar-refractivity contribution is 0.566. The second-order valence-electron chi connectivity index (χ2n) is 7.31. The van der Waals surface area contributed by atoms with Crippen molar-refractivity contribution in [2.45, 2.75) is 84.0 Å². The first-order chi connectivity index (χ1) is 12.4. The van der Waals surface area contributed by atoms with E-state index in [9.17, 15) is 0 Å². The van der Waals surface area contributed by atoms with E-state index in [2.05, 4.69) is 61.5 Å². The van der Waals surface area contributed by atoms with Crippen molar-refractivity contribution in [2.75, 3.05) is 0 Å². The number of fused-ring (bicyclic) bond motifs is 1. The van der Waals surface area contributed by atoms with Gasteiger partial charge in [0, 0.05) is 0 Å². The van der Waals surface area contributed by atoms with Gasteiger partial charge in [-0.25, -0.2) is 0 Å². The molecule has 2 aromatic carbocycles. The lowest BCUT2D eigenvalue weighted by Gasteiger charge is -2.02. The first-order valence-corrected chi connectivity index (χ1v) is 10.5. The maximum Gasteiger partial charge on any atom is -0.0181 e. The molecule has 0 amide bonds. The lowest BCUT2D eigenvalue weighted by Crippen LogP contribution is -1.84. The molecule has 0 saturated carbocycles. The average molecular weight is 337 g/mol. The van der Waals surface area contributed by atoms with Crippen LogP contribution in [0, 0.1) is 0 Å². The Kier molecular flexibility index (Phi) is 10.1. The van der Waals surface area contributed by atoms with Crippen molar-refractivity contribution in [3.8, 4) is 0 Å². The van der Waals surface area contributed by atoms with Gasteiger partial charge >= 0.3 is 0 Å². The minimum atomic E-state index is 1.15. The van der Waals surface area contributed by atoms with Crippen molar-refractivity contribution < 1.29 is 0 Å². The summed E-state index contributed by atoms with van der Waals surface area (Å²) in [5, 5.41) is 2.70. The number of unbranched alkanes of at least 4 members (excludes halogenated alkanes) is 9. The second kappa shape index (κ2) is 12.8. The van der Waals surface area contributed by atoms with Gasteiger partial charge in [-0.2, -0.15) is 0 Å². The maximum absolute atomic E-state index is 2.39. The Labute approximate surface area is 155 Å². The Morgan fingerprint density at radius 2 is 1.28 bits per heavy atom. The molecule has 0 spiro atoms. The summed E-state index contributed by atoms with van der Waals surface area (Å²) in [6.07, 6.45) is 21.1. The quantitative estimate of drug-likeness (QED) is 0.255. The summed E-state index contributed by atoms with van der Waals surface area (Å²) in [5.74, 6) is 0. The molecule has 136 valence electrons. The molecule has 0 heteroatoms. The summed E-state index contributed by atoms with van der Waals surface area (Å²) < 4.78 is 0. The molecule has 0 radical (unpaired) electrons. The largest absolute Gasteiger partial charge is 0.0885 e. The third-order valence-electron chi connectivity index (χ3n) is 5.05. The number of hydrogen-bond donors (Lipinski definition) is 0. The summed E-state index contributed by atoms with van der Waals surface area (Å²) in [6, 6.07) is 15.5. The van der Waals surface area contributed by atoms with Crippen LogP contribution in [0.5, 0.6) is 0 Å². The fourth-order valence-electron chi connectivity index (χ4n) is 3.45. The molecule has 25 heavy (non-hydrogen) atoms. The zero-order valence-corrected chi connectivity index (χ0v) is 16.2. The number of hydrogen-bond acceptors (Lipinski definition) is 0. The van der Waals surface area contributed by atoms with E-state index in [0.29, 0.717) is 0 Å². The second-order valence-corrected chi connectivity index (χ2v) is 7.31. The van der Waals surface area contributed by atoms with Crippen LogP contribution in [-0.2, 0) is 6.42 Å². The van der Waals surface area contributed by atoms with Gasteiger partial charge in [0.2, 0.25) is 0 Å². The van der Waals surface area contributed by atoms with Crippen LogP contribution in [0.15, 0.2) is 54.6 Å². The molecule has 0 saturated heterocycles. The minimum Gasteiger partial charge on any atom is -0.0885 e. The predicted octanol–water partition coefficient (Wildman–Crippen LogP) is 8.25. The van der Waals surface area contributed by atoms with E-state index in [4.69, 9.17) is 0 Å². The fourth-order valence-corrected chi connectivity index (χ4v) is 3.45. The molecule has 2 rings (SSSR count). The maximum atomic E-state index is 2.39. The summed E-state index contributed by atoms with van der Waals surface area (Å²) in [6.45, 7) is 2.29. The third kappa shape index (κ3) is 8.38. The molecular weight excluding hydrogens is 300 g/mol. The van der Waals surface area contributed by atoms with Crippen LogP contribution in [-0.4, -0.2) is 0 Å². The zero-order valence-electron chi connectivity index (χ0n) is 16.2. The highest BCUT2D eigenvalue weighted by molar-refractivity contribution is 5.82. The van der Waals surface area contributed by atoms with Gasteiger partial charge in [0.25, 0.3) is 0 Å². The van der Waals surface area contributed by atoms with E-state index in [-0.39, 0.29) is 0 Å². The summed E-state index contributed by atoms with van der Waals surface area (Å²) in [4.78, 5) is 0. The molecule has 0 nitrogen and oxygen atoms in total. The van der Waals surface area contributed by atoms with E-state index >= 15 is 0 Å². The Bertz CT molecular complexity index is 608. The molecule has 0 heterocycles. The number of allylic oxidation sites excluding steroid dienone is 2. The molecule has 0 unspecified atom stereocenters. The van der Waals surface area contributed by atoms with E-state index in [0.717, 1.165) is 12.8 Å². The first kappa shape index (κ1) is 19.8. The highest BCUT2D eigenvalue weighted by atomic mass is 14.0. The highest BCUT2D eigenvalue weighted by Gasteiger charge is 1.95. The van der Waals surface area contributed by atoms with Crippen LogP contribution in [0.1, 0.15) is 83.1 Å². The normalized spacial score (nSPS) is 11.6. The van der Waals surface area contributed by atoms with E-state index in [1.807, 2.05) is 0 Å². The SMILES string of the molecule is CCCCCCCCCCC/C=C/CCc1ccc2ccccc2c1. The standard InChI is InChI=1S/C25H36/c1-2-3-4-5-6-7-8-9-10-11-12-13-14-17-23-20-21-24-18-15-16-19-25(24)22-23/h12-13,15-16,18-22H,2-11,14,17H2,1H3/b13-12+. The van der Waals surface area contributed by atoms with Crippen LogP contribution in [0.4, 0.5) is 0 Å². The van der Waals surface area contributed by atoms with Crippen molar-refractivity contribution in [3.05, 3.63) is 60.2 Å². The van der Waals surface area contributed by atoms with Crippen LogP contribution < -0.4 is 0 Å². The molecule has 0 N–H and O–H groups in total. The lowest BCUT2D eigenvalue weighted by atomic mass is 10.0. The molecule has 0 aliphatic heterocycles. The molecule has 0 fully saturated rings. The van der Waals surface area contributed by atoms with Gasteiger partial charge in [-0.1, -0.05) is 113 Å². The molecular formula is C25H36. The zero-order chi connectivity index (χ0) is 17.6. The highest BCUT2D eigenvalue weighted by Crippen LogP contribution is 2.17. The van der Waals surface area contributed by atoms with Crippen molar-refractivity contribution >= 4 is 10.8 Å². The minimum absolute atomic E-state index is 1.15.